The SMILES string of the molecule is c1ccc(-c2ccc(N(c3ccccc3-c3ccccc3)c3cccc4ccc5ccccc5c34)cc2)cc1. The Labute approximate surface area is 229 Å². The molecule has 1 heteroatoms. The van der Waals surface area contributed by atoms with Crippen LogP contribution in [0.1, 0.15) is 0 Å². The van der Waals surface area contributed by atoms with Gasteiger partial charge in [0.05, 0.1) is 11.4 Å². The highest BCUT2D eigenvalue weighted by atomic mass is 15.1. The molecule has 0 atom stereocenters. The van der Waals surface area contributed by atoms with Gasteiger partial charge in [0.15, 0.2) is 0 Å². The van der Waals surface area contributed by atoms with E-state index in [2.05, 4.69) is 169 Å². The Morgan fingerprint density at radius 3 is 1.69 bits per heavy atom. The Bertz CT molecular complexity index is 1890. The number of hydrogen-bond acceptors (Lipinski definition) is 1. The van der Waals surface area contributed by atoms with E-state index >= 15 is 0 Å². The van der Waals surface area contributed by atoms with Gasteiger partial charge in [-0.3, -0.25) is 0 Å². The van der Waals surface area contributed by atoms with E-state index in [-0.39, 0.29) is 0 Å². The van der Waals surface area contributed by atoms with Crippen LogP contribution in [0.15, 0.2) is 164 Å². The van der Waals surface area contributed by atoms with Crippen LogP contribution in [-0.2, 0) is 0 Å². The fourth-order valence-corrected chi connectivity index (χ4v) is 5.60. The molecule has 0 saturated heterocycles. The number of fused-ring (bicyclic) bond motifs is 3. The van der Waals surface area contributed by atoms with Gasteiger partial charge in [-0.05, 0) is 57.1 Å². The second-order valence-corrected chi connectivity index (χ2v) is 9.79. The molecule has 0 radical (unpaired) electrons. The third kappa shape index (κ3) is 4.24. The minimum absolute atomic E-state index is 1.12. The van der Waals surface area contributed by atoms with Crippen LogP contribution in [0, 0.1) is 0 Å². The van der Waals surface area contributed by atoms with Crippen molar-refractivity contribution in [2.45, 2.75) is 0 Å². The molecule has 39 heavy (non-hydrogen) atoms. The average Bonchev–Trinajstić information content (AvgIpc) is 3.02. The molecule has 0 bridgehead atoms. The number of para-hydroxylation sites is 1. The molecular formula is C38H27N. The van der Waals surface area contributed by atoms with Gasteiger partial charge < -0.3 is 4.90 Å². The fraction of sp³-hybridized carbons (Fsp3) is 0. The van der Waals surface area contributed by atoms with Crippen LogP contribution < -0.4 is 4.90 Å². The van der Waals surface area contributed by atoms with Crippen LogP contribution in [-0.4, -0.2) is 0 Å². The Kier molecular flexibility index (Phi) is 5.88. The van der Waals surface area contributed by atoms with Crippen LogP contribution in [0.25, 0.3) is 43.8 Å². The fourth-order valence-electron chi connectivity index (χ4n) is 5.60. The van der Waals surface area contributed by atoms with E-state index in [9.17, 15) is 0 Å². The molecule has 0 unspecified atom stereocenters. The summed E-state index contributed by atoms with van der Waals surface area (Å²) in [5.41, 5.74) is 8.26. The molecule has 0 saturated carbocycles. The second-order valence-electron chi connectivity index (χ2n) is 9.79. The lowest BCUT2D eigenvalue weighted by molar-refractivity contribution is 1.30. The molecule has 1 nitrogen and oxygen atoms in total. The van der Waals surface area contributed by atoms with Gasteiger partial charge in [0.2, 0.25) is 0 Å². The number of hydrogen-bond donors (Lipinski definition) is 0. The van der Waals surface area contributed by atoms with Crippen LogP contribution in [0.3, 0.4) is 0 Å². The molecule has 0 N–H and O–H groups in total. The van der Waals surface area contributed by atoms with Gasteiger partial charge in [-0.1, -0.05) is 140 Å². The minimum atomic E-state index is 1.12. The van der Waals surface area contributed by atoms with Crippen molar-refractivity contribution in [3.8, 4) is 22.3 Å². The number of nitrogens with zero attached hydrogens (tertiary/aromatic N) is 1. The summed E-state index contributed by atoms with van der Waals surface area (Å²) in [5.74, 6) is 0. The van der Waals surface area contributed by atoms with Crippen molar-refractivity contribution >= 4 is 38.6 Å². The van der Waals surface area contributed by atoms with Crippen molar-refractivity contribution in [3.05, 3.63) is 164 Å². The van der Waals surface area contributed by atoms with E-state index in [1.54, 1.807) is 0 Å². The largest absolute Gasteiger partial charge is 0.309 e. The van der Waals surface area contributed by atoms with E-state index in [4.69, 9.17) is 0 Å². The molecule has 184 valence electrons. The first-order valence-electron chi connectivity index (χ1n) is 13.4. The normalized spacial score (nSPS) is 11.1. The predicted octanol–water partition coefficient (Wildman–Crippen LogP) is 10.8. The van der Waals surface area contributed by atoms with Gasteiger partial charge in [-0.15, -0.1) is 0 Å². The summed E-state index contributed by atoms with van der Waals surface area (Å²) >= 11 is 0. The second kappa shape index (κ2) is 9.96. The Hall–Kier alpha value is -5.14. The van der Waals surface area contributed by atoms with E-state index in [1.807, 2.05) is 0 Å². The molecule has 0 aliphatic heterocycles. The average molecular weight is 498 g/mol. The van der Waals surface area contributed by atoms with Crippen molar-refractivity contribution < 1.29 is 0 Å². The van der Waals surface area contributed by atoms with E-state index in [1.165, 1.54) is 49.5 Å². The molecule has 0 fully saturated rings. The zero-order chi connectivity index (χ0) is 26.0. The molecule has 0 amide bonds. The quantitative estimate of drug-likeness (QED) is 0.214. The zero-order valence-corrected chi connectivity index (χ0v) is 21.5. The maximum Gasteiger partial charge on any atom is 0.0546 e. The molecule has 0 aliphatic rings. The minimum Gasteiger partial charge on any atom is -0.309 e. The maximum absolute atomic E-state index is 2.42. The van der Waals surface area contributed by atoms with Crippen molar-refractivity contribution in [2.24, 2.45) is 0 Å². The highest BCUT2D eigenvalue weighted by molar-refractivity contribution is 6.15. The highest BCUT2D eigenvalue weighted by Crippen LogP contribution is 2.45. The van der Waals surface area contributed by atoms with Crippen molar-refractivity contribution in [2.75, 3.05) is 4.90 Å². The van der Waals surface area contributed by atoms with Gasteiger partial charge in [0.1, 0.15) is 0 Å². The first-order valence-corrected chi connectivity index (χ1v) is 13.4. The van der Waals surface area contributed by atoms with Crippen LogP contribution in [0.4, 0.5) is 17.1 Å². The first kappa shape index (κ1) is 23.0. The summed E-state index contributed by atoms with van der Waals surface area (Å²) in [6.07, 6.45) is 0. The smallest absolute Gasteiger partial charge is 0.0546 e. The molecule has 0 aromatic heterocycles. The van der Waals surface area contributed by atoms with E-state index in [0.717, 1.165) is 11.4 Å². The monoisotopic (exact) mass is 497 g/mol. The number of benzene rings is 7. The lowest BCUT2D eigenvalue weighted by Gasteiger charge is -2.29. The predicted molar refractivity (Wildman–Crippen MR) is 167 cm³/mol. The summed E-state index contributed by atoms with van der Waals surface area (Å²) in [5, 5.41) is 4.99. The number of rotatable bonds is 5. The molecule has 7 rings (SSSR count). The van der Waals surface area contributed by atoms with Gasteiger partial charge in [-0.2, -0.15) is 0 Å². The van der Waals surface area contributed by atoms with E-state index < -0.39 is 0 Å². The summed E-state index contributed by atoms with van der Waals surface area (Å²) in [4.78, 5) is 2.42. The van der Waals surface area contributed by atoms with Gasteiger partial charge >= 0.3 is 0 Å². The molecule has 7 aromatic rings. The molecule has 0 spiro atoms. The Morgan fingerprint density at radius 2 is 0.897 bits per heavy atom. The molecular weight excluding hydrogens is 470 g/mol. The topological polar surface area (TPSA) is 3.24 Å². The van der Waals surface area contributed by atoms with Crippen molar-refractivity contribution in [1.29, 1.82) is 0 Å². The summed E-state index contributed by atoms with van der Waals surface area (Å²) in [7, 11) is 0. The van der Waals surface area contributed by atoms with Crippen molar-refractivity contribution in [3.63, 3.8) is 0 Å². The standard InChI is InChI=1S/C38H27N/c1-3-12-28(13-4-1)29-24-26-33(27-25-29)39(36-20-10-9-18-34(36)30-14-5-2-6-15-30)37-21-11-17-32-23-22-31-16-7-8-19-35(31)38(32)37/h1-27H. The van der Waals surface area contributed by atoms with Gasteiger partial charge in [0.25, 0.3) is 0 Å². The lowest BCUT2D eigenvalue weighted by atomic mass is 9.97. The molecule has 7 aromatic carbocycles. The maximum atomic E-state index is 2.42. The third-order valence-electron chi connectivity index (χ3n) is 7.45. The van der Waals surface area contributed by atoms with Crippen LogP contribution >= 0.6 is 0 Å². The third-order valence-corrected chi connectivity index (χ3v) is 7.45. The Morgan fingerprint density at radius 1 is 0.333 bits per heavy atom. The summed E-state index contributed by atoms with van der Waals surface area (Å²) in [6.45, 7) is 0. The zero-order valence-electron chi connectivity index (χ0n) is 21.5. The highest BCUT2D eigenvalue weighted by Gasteiger charge is 2.20. The Balaban J connectivity index is 1.50. The van der Waals surface area contributed by atoms with Gasteiger partial charge in [-0.25, -0.2) is 0 Å². The molecule has 0 aliphatic carbocycles. The molecule has 0 heterocycles. The summed E-state index contributed by atoms with van der Waals surface area (Å²) < 4.78 is 0. The van der Waals surface area contributed by atoms with Crippen LogP contribution in [0.2, 0.25) is 0 Å². The first-order chi connectivity index (χ1) is 19.4. The lowest BCUT2D eigenvalue weighted by Crippen LogP contribution is -2.12. The number of anilines is 3. The van der Waals surface area contributed by atoms with Crippen LogP contribution in [0.5, 0.6) is 0 Å². The van der Waals surface area contributed by atoms with Gasteiger partial charge in [0, 0.05) is 16.6 Å². The van der Waals surface area contributed by atoms with Crippen molar-refractivity contribution in [1.82, 2.24) is 0 Å². The summed E-state index contributed by atoms with van der Waals surface area (Å²) in [6, 6.07) is 58.7. The van der Waals surface area contributed by atoms with E-state index in [0.29, 0.717) is 0 Å².